The molecule has 3 rings (SSSR count). The van der Waals surface area contributed by atoms with Crippen LogP contribution in [0.4, 0.5) is 5.69 Å². The molecular weight excluding hydrogens is 418 g/mol. The van der Waals surface area contributed by atoms with Gasteiger partial charge in [0.05, 0.1) is 10.6 Å². The normalized spacial score (nSPS) is 15.0. The van der Waals surface area contributed by atoms with Crippen molar-refractivity contribution in [2.75, 3.05) is 26.2 Å². The summed E-state index contributed by atoms with van der Waals surface area (Å²) in [6.07, 6.45) is 5.39. The van der Waals surface area contributed by atoms with Crippen molar-refractivity contribution in [3.63, 3.8) is 0 Å². The van der Waals surface area contributed by atoms with Gasteiger partial charge in [-0.15, -0.1) is 0 Å². The van der Waals surface area contributed by atoms with Crippen LogP contribution in [0.15, 0.2) is 30.3 Å². The maximum absolute atomic E-state index is 12.6. The molecule has 1 fully saturated rings. The highest BCUT2D eigenvalue weighted by Crippen LogP contribution is 2.22. The lowest BCUT2D eigenvalue weighted by molar-refractivity contribution is -0.384. The number of carbonyl (C=O) groups is 1. The smallest absolute Gasteiger partial charge is 0.269 e. The molecule has 1 aliphatic heterocycles. The predicted molar refractivity (Wildman–Crippen MR) is 121 cm³/mol. The molecule has 0 bridgehead atoms. The van der Waals surface area contributed by atoms with E-state index in [2.05, 4.69) is 16.9 Å². The fourth-order valence-electron chi connectivity index (χ4n) is 3.63. The molecule has 8 nitrogen and oxygen atoms in total. The van der Waals surface area contributed by atoms with Crippen molar-refractivity contribution in [1.82, 2.24) is 19.6 Å². The summed E-state index contributed by atoms with van der Waals surface area (Å²) in [6, 6.07) is 6.69. The largest absolute Gasteiger partial charge is 0.337 e. The van der Waals surface area contributed by atoms with E-state index < -0.39 is 0 Å². The first-order chi connectivity index (χ1) is 14.9. The zero-order chi connectivity index (χ0) is 22.4. The Labute approximate surface area is 187 Å². The maximum atomic E-state index is 12.6. The van der Waals surface area contributed by atoms with Crippen molar-refractivity contribution in [3.8, 4) is 0 Å². The van der Waals surface area contributed by atoms with Crippen LogP contribution in [0.3, 0.4) is 0 Å². The number of nitrogens with zero attached hydrogens (tertiary/aromatic N) is 5. The molecule has 166 valence electrons. The lowest BCUT2D eigenvalue weighted by atomic mass is 10.1. The summed E-state index contributed by atoms with van der Waals surface area (Å²) in [6.45, 7) is 8.07. The molecule has 0 spiro atoms. The molecule has 9 heteroatoms. The van der Waals surface area contributed by atoms with Crippen molar-refractivity contribution in [2.45, 2.75) is 39.8 Å². The van der Waals surface area contributed by atoms with Crippen molar-refractivity contribution in [3.05, 3.63) is 62.4 Å². The lowest BCUT2D eigenvalue weighted by Crippen LogP contribution is -2.47. The Morgan fingerprint density at radius 1 is 1.29 bits per heavy atom. The summed E-state index contributed by atoms with van der Waals surface area (Å²) in [5, 5.41) is 16.0. The molecule has 0 radical (unpaired) electrons. The molecule has 0 saturated carbocycles. The average Bonchev–Trinajstić information content (AvgIpc) is 3.03. The van der Waals surface area contributed by atoms with Crippen LogP contribution in [0.25, 0.3) is 6.08 Å². The number of nitro groups is 1. The topological polar surface area (TPSA) is 84.5 Å². The zero-order valence-corrected chi connectivity index (χ0v) is 18.7. The second-order valence-electron chi connectivity index (χ2n) is 7.73. The number of rotatable bonds is 8. The van der Waals surface area contributed by atoms with Gasteiger partial charge in [-0.2, -0.15) is 5.10 Å². The van der Waals surface area contributed by atoms with E-state index in [9.17, 15) is 14.9 Å². The summed E-state index contributed by atoms with van der Waals surface area (Å²) < 4.78 is 1.79. The average molecular weight is 446 g/mol. The molecule has 0 N–H and O–H groups in total. The minimum absolute atomic E-state index is 0.0493. The standard InChI is InChI=1S/C22H28ClN5O3/c1-3-4-10-27-22(23)20(17(2)24-27)8-9-21(29)26-13-11-25(12-14-26)16-18-6-5-7-19(15-18)28(30)31/h5-9,15H,3-4,10-14,16H2,1-2H3/b9-8+. The highest BCUT2D eigenvalue weighted by molar-refractivity contribution is 6.31. The number of carbonyl (C=O) groups excluding carboxylic acids is 1. The number of benzene rings is 1. The summed E-state index contributed by atoms with van der Waals surface area (Å²) in [5.74, 6) is -0.0493. The Bertz CT molecular complexity index is 964. The quantitative estimate of drug-likeness (QED) is 0.349. The van der Waals surface area contributed by atoms with Gasteiger partial charge < -0.3 is 4.90 Å². The van der Waals surface area contributed by atoms with Crippen LogP contribution in [0.2, 0.25) is 5.15 Å². The highest BCUT2D eigenvalue weighted by Gasteiger charge is 2.20. The second-order valence-corrected chi connectivity index (χ2v) is 8.09. The van der Waals surface area contributed by atoms with E-state index in [1.54, 1.807) is 29.0 Å². The van der Waals surface area contributed by atoms with Crippen molar-refractivity contribution >= 4 is 29.3 Å². The van der Waals surface area contributed by atoms with Gasteiger partial charge in [0.1, 0.15) is 5.15 Å². The number of unbranched alkanes of at least 4 members (excludes halogenated alkanes) is 1. The maximum Gasteiger partial charge on any atom is 0.269 e. The van der Waals surface area contributed by atoms with Crippen molar-refractivity contribution in [1.29, 1.82) is 0 Å². The Morgan fingerprint density at radius 2 is 2.03 bits per heavy atom. The Morgan fingerprint density at radius 3 is 2.71 bits per heavy atom. The summed E-state index contributed by atoms with van der Waals surface area (Å²) >= 11 is 6.44. The number of aryl methyl sites for hydroxylation is 2. The number of halogens is 1. The Hall–Kier alpha value is -2.71. The number of piperazine rings is 1. The second kappa shape index (κ2) is 10.5. The molecular formula is C22H28ClN5O3. The van der Waals surface area contributed by atoms with E-state index in [0.29, 0.717) is 24.8 Å². The highest BCUT2D eigenvalue weighted by atomic mass is 35.5. The van der Waals surface area contributed by atoms with E-state index in [1.807, 2.05) is 17.9 Å². The molecule has 1 saturated heterocycles. The molecule has 1 aromatic heterocycles. The van der Waals surface area contributed by atoms with E-state index in [1.165, 1.54) is 6.07 Å². The molecule has 0 atom stereocenters. The van der Waals surface area contributed by atoms with Gasteiger partial charge in [0, 0.05) is 63.0 Å². The molecule has 1 aromatic carbocycles. The van der Waals surface area contributed by atoms with Gasteiger partial charge in [-0.3, -0.25) is 24.5 Å². The van der Waals surface area contributed by atoms with Crippen LogP contribution in [0, 0.1) is 17.0 Å². The third-order valence-electron chi connectivity index (χ3n) is 5.44. The molecule has 2 aromatic rings. The van der Waals surface area contributed by atoms with Crippen LogP contribution < -0.4 is 0 Å². The SMILES string of the molecule is CCCCn1nc(C)c(/C=C/C(=O)N2CCN(Cc3cccc([N+](=O)[O-])c3)CC2)c1Cl. The lowest BCUT2D eigenvalue weighted by Gasteiger charge is -2.34. The number of nitro benzene ring substituents is 1. The van der Waals surface area contributed by atoms with Gasteiger partial charge >= 0.3 is 0 Å². The fraction of sp³-hybridized carbons (Fsp3) is 0.455. The van der Waals surface area contributed by atoms with Gasteiger partial charge in [0.15, 0.2) is 0 Å². The van der Waals surface area contributed by atoms with Gasteiger partial charge in [-0.1, -0.05) is 37.1 Å². The molecule has 31 heavy (non-hydrogen) atoms. The van der Waals surface area contributed by atoms with Crippen LogP contribution in [-0.4, -0.2) is 56.6 Å². The summed E-state index contributed by atoms with van der Waals surface area (Å²) in [7, 11) is 0. The van der Waals surface area contributed by atoms with E-state index in [4.69, 9.17) is 11.6 Å². The molecule has 0 aliphatic carbocycles. The zero-order valence-electron chi connectivity index (χ0n) is 18.0. The van der Waals surface area contributed by atoms with E-state index in [0.717, 1.165) is 49.3 Å². The van der Waals surface area contributed by atoms with Gasteiger partial charge in [0.2, 0.25) is 5.91 Å². The third kappa shape index (κ3) is 5.92. The number of non-ortho nitro benzene ring substituents is 1. The number of hydrogen-bond acceptors (Lipinski definition) is 5. The van der Waals surface area contributed by atoms with Crippen LogP contribution in [0.5, 0.6) is 0 Å². The minimum atomic E-state index is -0.381. The van der Waals surface area contributed by atoms with Crippen LogP contribution in [-0.2, 0) is 17.9 Å². The summed E-state index contributed by atoms with van der Waals surface area (Å²) in [5.41, 5.74) is 2.60. The fourth-order valence-corrected chi connectivity index (χ4v) is 3.95. The Kier molecular flexibility index (Phi) is 7.81. The molecule has 1 aliphatic rings. The first-order valence-corrected chi connectivity index (χ1v) is 10.9. The van der Waals surface area contributed by atoms with Crippen LogP contribution in [0.1, 0.15) is 36.6 Å². The van der Waals surface area contributed by atoms with Gasteiger partial charge in [-0.25, -0.2) is 0 Å². The van der Waals surface area contributed by atoms with Crippen molar-refractivity contribution < 1.29 is 9.72 Å². The monoisotopic (exact) mass is 445 g/mol. The van der Waals surface area contributed by atoms with E-state index >= 15 is 0 Å². The predicted octanol–water partition coefficient (Wildman–Crippen LogP) is 3.91. The van der Waals surface area contributed by atoms with E-state index in [-0.39, 0.29) is 16.5 Å². The van der Waals surface area contributed by atoms with Gasteiger partial charge in [0.25, 0.3) is 5.69 Å². The minimum Gasteiger partial charge on any atom is -0.337 e. The Balaban J connectivity index is 1.54. The first kappa shape index (κ1) is 23.0. The third-order valence-corrected chi connectivity index (χ3v) is 5.84. The molecule has 2 heterocycles. The first-order valence-electron chi connectivity index (χ1n) is 10.5. The molecule has 0 unspecified atom stereocenters. The van der Waals surface area contributed by atoms with Crippen LogP contribution >= 0.6 is 11.6 Å². The van der Waals surface area contributed by atoms with Gasteiger partial charge in [-0.05, 0) is 25.0 Å². The van der Waals surface area contributed by atoms with Crippen molar-refractivity contribution in [2.24, 2.45) is 0 Å². The number of amides is 1. The number of aromatic nitrogens is 2. The summed E-state index contributed by atoms with van der Waals surface area (Å²) in [4.78, 5) is 27.2. The molecule has 1 amide bonds. The number of hydrogen-bond donors (Lipinski definition) is 0.